The first-order valence-corrected chi connectivity index (χ1v) is 13.8. The van der Waals surface area contributed by atoms with Crippen LogP contribution in [0.25, 0.3) is 0 Å². The van der Waals surface area contributed by atoms with Gasteiger partial charge < -0.3 is 20.4 Å². The number of nitrogens with one attached hydrogen (secondary N) is 2. The first kappa shape index (κ1) is 25.4. The summed E-state index contributed by atoms with van der Waals surface area (Å²) in [6.07, 6.45) is 21.2. The van der Waals surface area contributed by atoms with Crippen LogP contribution < -0.4 is 10.6 Å². The number of hydrogen-bond acceptors (Lipinski definition) is 6. The molecule has 3 heterocycles. The molecule has 0 aromatic carbocycles. The molecule has 198 valence electrons. The average molecular weight is 501 g/mol. The third kappa shape index (κ3) is 4.97. The van der Waals surface area contributed by atoms with Gasteiger partial charge in [-0.15, -0.1) is 0 Å². The predicted octanol–water partition coefficient (Wildman–Crippen LogP) is 1.32. The summed E-state index contributed by atoms with van der Waals surface area (Å²) in [7, 11) is 0. The SMILES string of the molecule is O=C(N[C@@H](CO)C(=O)O)C1NC2C=CC=CC2N(C2C[C@H]3CC[C@@H](C2)N3C2CCCCCCC2)C1=O. The fourth-order valence-electron chi connectivity index (χ4n) is 7.37. The van der Waals surface area contributed by atoms with E-state index in [2.05, 4.69) is 15.5 Å². The Hall–Kier alpha value is -2.23. The summed E-state index contributed by atoms with van der Waals surface area (Å²) in [5, 5.41) is 24.0. The zero-order chi connectivity index (χ0) is 25.2. The third-order valence-corrected chi connectivity index (χ3v) is 9.00. The van der Waals surface area contributed by atoms with E-state index in [0.717, 1.165) is 12.8 Å². The van der Waals surface area contributed by atoms with E-state index in [1.165, 1.54) is 57.8 Å². The molecule has 2 amide bonds. The quantitative estimate of drug-likeness (QED) is 0.406. The number of carboxylic acids is 1. The zero-order valence-corrected chi connectivity index (χ0v) is 20.9. The van der Waals surface area contributed by atoms with Crippen LogP contribution in [0.3, 0.4) is 0 Å². The van der Waals surface area contributed by atoms with Crippen LogP contribution >= 0.6 is 0 Å². The molecule has 36 heavy (non-hydrogen) atoms. The fraction of sp³-hybridized carbons (Fsp3) is 0.741. The van der Waals surface area contributed by atoms with Crippen molar-refractivity contribution in [1.82, 2.24) is 20.4 Å². The van der Waals surface area contributed by atoms with Crippen molar-refractivity contribution in [1.29, 1.82) is 0 Å². The van der Waals surface area contributed by atoms with Crippen LogP contribution in [0.15, 0.2) is 24.3 Å². The van der Waals surface area contributed by atoms with Crippen molar-refractivity contribution in [3.8, 4) is 0 Å². The Labute approximate surface area is 213 Å². The first-order chi connectivity index (χ1) is 17.5. The molecule has 4 fully saturated rings. The number of fused-ring (bicyclic) bond motifs is 3. The van der Waals surface area contributed by atoms with Gasteiger partial charge in [-0.05, 0) is 38.5 Å². The Balaban J connectivity index is 1.33. The van der Waals surface area contributed by atoms with Crippen LogP contribution in [0.1, 0.15) is 70.6 Å². The van der Waals surface area contributed by atoms with E-state index >= 15 is 0 Å². The number of aliphatic hydroxyl groups excluding tert-OH is 1. The summed E-state index contributed by atoms with van der Waals surface area (Å²) < 4.78 is 0. The topological polar surface area (TPSA) is 122 Å². The Morgan fingerprint density at radius 2 is 1.58 bits per heavy atom. The number of carboxylic acid groups (broad SMARTS) is 1. The molecule has 0 aromatic heterocycles. The molecule has 0 radical (unpaired) electrons. The summed E-state index contributed by atoms with van der Waals surface area (Å²) >= 11 is 0. The lowest BCUT2D eigenvalue weighted by Crippen LogP contribution is -2.71. The average Bonchev–Trinajstić information content (AvgIpc) is 3.10. The maximum Gasteiger partial charge on any atom is 0.328 e. The largest absolute Gasteiger partial charge is 0.480 e. The van der Waals surface area contributed by atoms with Gasteiger partial charge in [-0.1, -0.05) is 56.4 Å². The molecule has 0 spiro atoms. The minimum absolute atomic E-state index is 0.0500. The van der Waals surface area contributed by atoms with Gasteiger partial charge >= 0.3 is 5.97 Å². The Morgan fingerprint density at radius 1 is 0.944 bits per heavy atom. The number of hydrogen-bond donors (Lipinski definition) is 4. The van der Waals surface area contributed by atoms with Crippen LogP contribution in [-0.4, -0.2) is 92.7 Å². The van der Waals surface area contributed by atoms with Crippen LogP contribution in [0.4, 0.5) is 0 Å². The van der Waals surface area contributed by atoms with Gasteiger partial charge in [0.25, 0.3) is 0 Å². The number of amides is 2. The highest BCUT2D eigenvalue weighted by Gasteiger charge is 2.51. The van der Waals surface area contributed by atoms with Gasteiger partial charge in [0.15, 0.2) is 6.04 Å². The highest BCUT2D eigenvalue weighted by Crippen LogP contribution is 2.42. The highest BCUT2D eigenvalue weighted by molar-refractivity contribution is 6.06. The fourth-order valence-corrected chi connectivity index (χ4v) is 7.37. The summed E-state index contributed by atoms with van der Waals surface area (Å²) in [6, 6.07) is -1.37. The van der Waals surface area contributed by atoms with Crippen molar-refractivity contribution in [2.45, 2.75) is 119 Å². The normalized spacial score (nSPS) is 36.1. The lowest BCUT2D eigenvalue weighted by atomic mass is 9.86. The van der Waals surface area contributed by atoms with Gasteiger partial charge in [-0.3, -0.25) is 19.8 Å². The van der Waals surface area contributed by atoms with Gasteiger partial charge in [-0.2, -0.15) is 0 Å². The smallest absolute Gasteiger partial charge is 0.328 e. The third-order valence-electron chi connectivity index (χ3n) is 9.00. The first-order valence-electron chi connectivity index (χ1n) is 13.8. The number of piperidine rings is 1. The number of piperazine rings is 1. The standard InChI is InChI=1S/C27H40N4O5/c32-16-22(27(35)36)29-25(33)24-26(34)31(23-11-7-6-10-21(23)28-24)20-14-18-12-13-19(15-20)30(18)17-8-4-2-1-3-5-9-17/h6-7,10-11,17-24,28,32H,1-5,8-9,12-16H2,(H,29,33)(H,35,36)/t18-,19+,20?,21?,22-,23?,24?/m0/s1. The maximum absolute atomic E-state index is 13.8. The molecule has 5 aliphatic rings. The predicted molar refractivity (Wildman–Crippen MR) is 134 cm³/mol. The molecule has 4 N–H and O–H groups in total. The molecular formula is C27H40N4O5. The van der Waals surface area contributed by atoms with Gasteiger partial charge in [0.05, 0.1) is 18.7 Å². The zero-order valence-electron chi connectivity index (χ0n) is 20.9. The summed E-state index contributed by atoms with van der Waals surface area (Å²) in [5.74, 6) is -2.34. The molecule has 9 nitrogen and oxygen atoms in total. The van der Waals surface area contributed by atoms with Crippen LogP contribution in [0, 0.1) is 0 Å². The van der Waals surface area contributed by atoms with Crippen LogP contribution in [0.2, 0.25) is 0 Å². The minimum atomic E-state index is -1.44. The minimum Gasteiger partial charge on any atom is -0.480 e. The molecule has 3 aliphatic heterocycles. The molecule has 9 heteroatoms. The second-order valence-electron chi connectivity index (χ2n) is 11.2. The van der Waals surface area contributed by atoms with Crippen LogP contribution in [-0.2, 0) is 14.4 Å². The van der Waals surface area contributed by atoms with E-state index in [1.807, 2.05) is 29.2 Å². The summed E-state index contributed by atoms with van der Waals surface area (Å²) in [6.45, 7) is -0.733. The van der Waals surface area contributed by atoms with Crippen LogP contribution in [0.5, 0.6) is 0 Å². The van der Waals surface area contributed by atoms with Crippen molar-refractivity contribution in [3.05, 3.63) is 24.3 Å². The number of aliphatic carboxylic acids is 1. The molecule has 3 saturated heterocycles. The van der Waals surface area contributed by atoms with Gasteiger partial charge in [-0.25, -0.2) is 4.79 Å². The molecule has 4 unspecified atom stereocenters. The molecule has 2 bridgehead atoms. The molecule has 1 saturated carbocycles. The Kier molecular flexibility index (Phi) is 7.79. The second-order valence-corrected chi connectivity index (χ2v) is 11.2. The molecule has 7 atom stereocenters. The Morgan fingerprint density at radius 3 is 2.22 bits per heavy atom. The molecule has 5 rings (SSSR count). The van der Waals surface area contributed by atoms with Gasteiger partial charge in [0.1, 0.15) is 6.04 Å². The van der Waals surface area contributed by atoms with E-state index in [-0.39, 0.29) is 24.0 Å². The maximum atomic E-state index is 13.8. The van der Waals surface area contributed by atoms with Crippen molar-refractivity contribution in [2.24, 2.45) is 0 Å². The number of carbonyl (C=O) groups is 3. The van der Waals surface area contributed by atoms with Gasteiger partial charge in [0.2, 0.25) is 11.8 Å². The van der Waals surface area contributed by atoms with Gasteiger partial charge in [0, 0.05) is 24.2 Å². The van der Waals surface area contributed by atoms with E-state index in [4.69, 9.17) is 0 Å². The summed E-state index contributed by atoms with van der Waals surface area (Å²) in [5.41, 5.74) is 0. The molecule has 2 aliphatic carbocycles. The lowest BCUT2D eigenvalue weighted by molar-refractivity contribution is -0.151. The monoisotopic (exact) mass is 500 g/mol. The molecular weight excluding hydrogens is 460 g/mol. The number of aliphatic hydroxyl groups is 1. The molecule has 0 aromatic rings. The van der Waals surface area contributed by atoms with Crippen molar-refractivity contribution in [3.63, 3.8) is 0 Å². The number of allylic oxidation sites excluding steroid dienone is 2. The summed E-state index contributed by atoms with van der Waals surface area (Å²) in [4.78, 5) is 42.8. The van der Waals surface area contributed by atoms with E-state index < -0.39 is 30.6 Å². The number of carbonyl (C=O) groups excluding carboxylic acids is 2. The van der Waals surface area contributed by atoms with E-state index in [1.54, 1.807) is 0 Å². The number of nitrogens with zero attached hydrogens (tertiary/aromatic N) is 2. The van der Waals surface area contributed by atoms with E-state index in [9.17, 15) is 24.6 Å². The number of rotatable bonds is 6. The Bertz CT molecular complexity index is 885. The van der Waals surface area contributed by atoms with Crippen molar-refractivity contribution < 1.29 is 24.6 Å². The lowest BCUT2D eigenvalue weighted by Gasteiger charge is -2.52. The highest BCUT2D eigenvalue weighted by atomic mass is 16.4. The van der Waals surface area contributed by atoms with Crippen molar-refractivity contribution in [2.75, 3.05) is 6.61 Å². The second kappa shape index (κ2) is 11.0. The van der Waals surface area contributed by atoms with E-state index in [0.29, 0.717) is 18.1 Å². The van der Waals surface area contributed by atoms with Crippen molar-refractivity contribution >= 4 is 17.8 Å².